The number of benzene rings is 2. The van der Waals surface area contributed by atoms with Gasteiger partial charge in [-0.2, -0.15) is 0 Å². The molecule has 0 bridgehead atoms. The minimum Gasteiger partial charge on any atom is -0.482 e. The maximum absolute atomic E-state index is 12.6. The van der Waals surface area contributed by atoms with Crippen LogP contribution in [0.5, 0.6) is 5.75 Å². The van der Waals surface area contributed by atoms with E-state index in [0.717, 1.165) is 18.5 Å². The number of hydrogen-bond acceptors (Lipinski definition) is 2. The van der Waals surface area contributed by atoms with Gasteiger partial charge in [0.25, 0.3) is 5.91 Å². The molecule has 0 aliphatic carbocycles. The van der Waals surface area contributed by atoms with Gasteiger partial charge in [-0.3, -0.25) is 4.79 Å². The molecule has 22 heavy (non-hydrogen) atoms. The number of halogens is 1. The lowest BCUT2D eigenvalue weighted by atomic mass is 9.96. The number of nitrogens with zero attached hydrogens (tertiary/aromatic N) is 1. The summed E-state index contributed by atoms with van der Waals surface area (Å²) in [5.74, 6) is 0.495. The van der Waals surface area contributed by atoms with Gasteiger partial charge in [0.05, 0.1) is 5.02 Å². The first-order valence-electron chi connectivity index (χ1n) is 7.44. The van der Waals surface area contributed by atoms with Gasteiger partial charge in [-0.25, -0.2) is 0 Å². The standard InChI is InChI=1S/C18H18ClNO2/c1-13-10-11-14-6-2-4-8-16(14)20(13)18(21)12-22-17-9-5-3-7-15(17)19/h2-9,13H,10-12H2,1H3. The smallest absolute Gasteiger partial charge is 0.265 e. The third kappa shape index (κ3) is 2.95. The van der Waals surface area contributed by atoms with Crippen molar-refractivity contribution in [1.29, 1.82) is 0 Å². The maximum atomic E-state index is 12.6. The molecule has 2 aromatic rings. The molecule has 0 spiro atoms. The molecule has 1 amide bonds. The van der Waals surface area contributed by atoms with Crippen LogP contribution in [0.15, 0.2) is 48.5 Å². The monoisotopic (exact) mass is 315 g/mol. The van der Waals surface area contributed by atoms with Gasteiger partial charge in [0.15, 0.2) is 6.61 Å². The van der Waals surface area contributed by atoms with Crippen LogP contribution in [-0.4, -0.2) is 18.6 Å². The maximum Gasteiger partial charge on any atom is 0.265 e. The number of para-hydroxylation sites is 2. The lowest BCUT2D eigenvalue weighted by Crippen LogP contribution is -2.44. The highest BCUT2D eigenvalue weighted by atomic mass is 35.5. The summed E-state index contributed by atoms with van der Waals surface area (Å²) in [4.78, 5) is 14.5. The van der Waals surface area contributed by atoms with Crippen LogP contribution in [0.25, 0.3) is 0 Å². The average Bonchev–Trinajstić information content (AvgIpc) is 2.53. The van der Waals surface area contributed by atoms with Gasteiger partial charge in [-0.1, -0.05) is 41.9 Å². The minimum atomic E-state index is -0.0421. The van der Waals surface area contributed by atoms with Gasteiger partial charge in [-0.05, 0) is 43.5 Å². The van der Waals surface area contributed by atoms with Gasteiger partial charge in [0.1, 0.15) is 5.75 Å². The highest BCUT2D eigenvalue weighted by molar-refractivity contribution is 6.32. The van der Waals surface area contributed by atoms with E-state index in [0.29, 0.717) is 10.8 Å². The van der Waals surface area contributed by atoms with Crippen molar-refractivity contribution in [1.82, 2.24) is 0 Å². The molecule has 4 heteroatoms. The quantitative estimate of drug-likeness (QED) is 0.854. The number of fused-ring (bicyclic) bond motifs is 1. The summed E-state index contributed by atoms with van der Waals surface area (Å²) in [6, 6.07) is 15.4. The summed E-state index contributed by atoms with van der Waals surface area (Å²) >= 11 is 6.05. The van der Waals surface area contributed by atoms with E-state index in [-0.39, 0.29) is 18.6 Å². The zero-order valence-electron chi connectivity index (χ0n) is 12.5. The zero-order valence-corrected chi connectivity index (χ0v) is 13.2. The van der Waals surface area contributed by atoms with E-state index >= 15 is 0 Å². The minimum absolute atomic E-state index is 0.0115. The Balaban J connectivity index is 1.76. The van der Waals surface area contributed by atoms with E-state index in [2.05, 4.69) is 13.0 Å². The van der Waals surface area contributed by atoms with Crippen molar-refractivity contribution in [3.63, 3.8) is 0 Å². The molecule has 0 radical (unpaired) electrons. The van der Waals surface area contributed by atoms with Crippen molar-refractivity contribution in [2.45, 2.75) is 25.8 Å². The van der Waals surface area contributed by atoms with Crippen LogP contribution < -0.4 is 9.64 Å². The fourth-order valence-corrected chi connectivity index (χ4v) is 3.03. The molecule has 0 fully saturated rings. The van der Waals surface area contributed by atoms with Gasteiger partial charge in [0.2, 0.25) is 0 Å². The van der Waals surface area contributed by atoms with Crippen LogP contribution >= 0.6 is 11.6 Å². The Kier molecular flexibility index (Phi) is 4.34. The fourth-order valence-electron chi connectivity index (χ4n) is 2.84. The molecule has 2 aromatic carbocycles. The topological polar surface area (TPSA) is 29.5 Å². The van der Waals surface area contributed by atoms with E-state index in [4.69, 9.17) is 16.3 Å². The van der Waals surface area contributed by atoms with Gasteiger partial charge in [-0.15, -0.1) is 0 Å². The predicted octanol–water partition coefficient (Wildman–Crippen LogP) is 4.09. The molecule has 3 nitrogen and oxygen atoms in total. The number of ether oxygens (including phenoxy) is 1. The molecule has 1 unspecified atom stereocenters. The molecule has 1 aliphatic heterocycles. The summed E-state index contributed by atoms with van der Waals surface area (Å²) in [7, 11) is 0. The highest BCUT2D eigenvalue weighted by Gasteiger charge is 2.28. The Bertz CT molecular complexity index is 686. The average molecular weight is 316 g/mol. The number of hydrogen-bond donors (Lipinski definition) is 0. The van der Waals surface area contributed by atoms with Crippen molar-refractivity contribution < 1.29 is 9.53 Å². The first kappa shape index (κ1) is 14.9. The highest BCUT2D eigenvalue weighted by Crippen LogP contribution is 2.31. The molecule has 0 aromatic heterocycles. The van der Waals surface area contributed by atoms with Crippen LogP contribution in [0, 0.1) is 0 Å². The number of rotatable bonds is 3. The Labute approximate surface area is 135 Å². The molecule has 0 saturated heterocycles. The van der Waals surface area contributed by atoms with Crippen molar-refractivity contribution in [3.05, 3.63) is 59.1 Å². The normalized spacial score (nSPS) is 17.0. The number of aryl methyl sites for hydroxylation is 1. The number of carbonyl (C=O) groups is 1. The largest absolute Gasteiger partial charge is 0.482 e. The van der Waals surface area contributed by atoms with E-state index in [1.165, 1.54) is 5.56 Å². The van der Waals surface area contributed by atoms with E-state index < -0.39 is 0 Å². The van der Waals surface area contributed by atoms with Gasteiger partial charge >= 0.3 is 0 Å². The second kappa shape index (κ2) is 6.41. The molecule has 3 rings (SSSR count). The number of carbonyl (C=O) groups excluding carboxylic acids is 1. The first-order valence-corrected chi connectivity index (χ1v) is 7.82. The van der Waals surface area contributed by atoms with Crippen molar-refractivity contribution in [2.24, 2.45) is 0 Å². The van der Waals surface area contributed by atoms with Crippen LogP contribution in [0.2, 0.25) is 5.02 Å². The molecule has 1 heterocycles. The summed E-state index contributed by atoms with van der Waals surface area (Å²) < 4.78 is 5.59. The Morgan fingerprint density at radius 3 is 2.77 bits per heavy atom. The van der Waals surface area contributed by atoms with E-state index in [9.17, 15) is 4.79 Å². The van der Waals surface area contributed by atoms with Crippen molar-refractivity contribution in [2.75, 3.05) is 11.5 Å². The molecular weight excluding hydrogens is 298 g/mol. The number of amides is 1. The lowest BCUT2D eigenvalue weighted by molar-refractivity contribution is -0.121. The summed E-state index contributed by atoms with van der Waals surface area (Å²) in [6.07, 6.45) is 1.97. The zero-order chi connectivity index (χ0) is 15.5. The van der Waals surface area contributed by atoms with Gasteiger partial charge in [0, 0.05) is 11.7 Å². The third-order valence-electron chi connectivity index (χ3n) is 3.98. The Morgan fingerprint density at radius 1 is 1.23 bits per heavy atom. The molecular formula is C18H18ClNO2. The van der Waals surface area contributed by atoms with E-state index in [1.54, 1.807) is 12.1 Å². The Morgan fingerprint density at radius 2 is 1.95 bits per heavy atom. The molecule has 114 valence electrons. The van der Waals surface area contributed by atoms with Crippen LogP contribution in [0.1, 0.15) is 18.9 Å². The second-order valence-electron chi connectivity index (χ2n) is 5.50. The van der Waals surface area contributed by atoms with Crippen molar-refractivity contribution in [3.8, 4) is 5.75 Å². The fraction of sp³-hybridized carbons (Fsp3) is 0.278. The van der Waals surface area contributed by atoms with E-state index in [1.807, 2.05) is 35.2 Å². The third-order valence-corrected chi connectivity index (χ3v) is 4.29. The van der Waals surface area contributed by atoms with Crippen LogP contribution in [0.3, 0.4) is 0 Å². The van der Waals surface area contributed by atoms with Crippen LogP contribution in [-0.2, 0) is 11.2 Å². The van der Waals surface area contributed by atoms with Crippen molar-refractivity contribution >= 4 is 23.2 Å². The number of anilines is 1. The second-order valence-corrected chi connectivity index (χ2v) is 5.91. The molecule has 1 aliphatic rings. The SMILES string of the molecule is CC1CCc2ccccc2N1C(=O)COc1ccccc1Cl. The molecule has 1 atom stereocenters. The summed E-state index contributed by atoms with van der Waals surface area (Å²) in [5, 5.41) is 0.516. The first-order chi connectivity index (χ1) is 10.7. The summed E-state index contributed by atoms with van der Waals surface area (Å²) in [5.41, 5.74) is 2.21. The predicted molar refractivity (Wildman–Crippen MR) is 88.7 cm³/mol. The summed E-state index contributed by atoms with van der Waals surface area (Å²) in [6.45, 7) is 2.06. The lowest BCUT2D eigenvalue weighted by Gasteiger charge is -2.35. The molecule has 0 N–H and O–H groups in total. The Hall–Kier alpha value is -2.00. The van der Waals surface area contributed by atoms with Crippen LogP contribution in [0.4, 0.5) is 5.69 Å². The molecule has 0 saturated carbocycles. The van der Waals surface area contributed by atoms with Gasteiger partial charge < -0.3 is 9.64 Å².